The average molecular weight is 345 g/mol. The van der Waals surface area contributed by atoms with E-state index in [9.17, 15) is 13.2 Å². The topological polar surface area (TPSA) is 74.7 Å². The third-order valence-electron chi connectivity index (χ3n) is 3.22. The van der Waals surface area contributed by atoms with Crippen LogP contribution >= 0.6 is 22.7 Å². The number of nitrogens with zero attached hydrogens (tertiary/aromatic N) is 1. The SMILES string of the molecule is Cc1cc(S(=O)(=O)N(C)C(C)c2cccs2)sc1C(=O)O. The van der Waals surface area contributed by atoms with Gasteiger partial charge in [-0.2, -0.15) is 4.31 Å². The molecule has 0 aliphatic rings. The zero-order valence-electron chi connectivity index (χ0n) is 11.7. The Morgan fingerprint density at radius 3 is 2.57 bits per heavy atom. The van der Waals surface area contributed by atoms with Crippen molar-refractivity contribution in [3.05, 3.63) is 38.9 Å². The molecule has 0 fully saturated rings. The van der Waals surface area contributed by atoms with Crippen molar-refractivity contribution in [1.82, 2.24) is 4.31 Å². The predicted molar refractivity (Wildman–Crippen MR) is 83.7 cm³/mol. The van der Waals surface area contributed by atoms with Crippen LogP contribution in [0.25, 0.3) is 0 Å². The lowest BCUT2D eigenvalue weighted by atomic mass is 10.3. The van der Waals surface area contributed by atoms with E-state index in [0.717, 1.165) is 16.2 Å². The predicted octanol–water partition coefficient (Wildman–Crippen LogP) is 3.20. The van der Waals surface area contributed by atoms with Crippen LogP contribution < -0.4 is 0 Å². The molecule has 0 radical (unpaired) electrons. The van der Waals surface area contributed by atoms with Gasteiger partial charge >= 0.3 is 5.97 Å². The number of thiophene rings is 2. The number of carbonyl (C=O) groups is 1. The third-order valence-corrected chi connectivity index (χ3v) is 7.87. The lowest BCUT2D eigenvalue weighted by Gasteiger charge is -2.22. The van der Waals surface area contributed by atoms with Gasteiger partial charge in [-0.05, 0) is 36.9 Å². The Bertz CT molecular complexity index is 746. The highest BCUT2D eigenvalue weighted by Gasteiger charge is 2.29. The van der Waals surface area contributed by atoms with Gasteiger partial charge in [0.15, 0.2) is 0 Å². The normalized spacial score (nSPS) is 13.5. The molecule has 2 heterocycles. The van der Waals surface area contributed by atoms with Gasteiger partial charge < -0.3 is 5.11 Å². The lowest BCUT2D eigenvalue weighted by Crippen LogP contribution is -2.28. The number of sulfonamides is 1. The van der Waals surface area contributed by atoms with E-state index in [1.807, 2.05) is 24.4 Å². The summed E-state index contributed by atoms with van der Waals surface area (Å²) in [6.45, 7) is 3.41. The second-order valence-corrected chi connectivity index (χ2v) is 8.85. The van der Waals surface area contributed by atoms with Crippen LogP contribution in [0.1, 0.15) is 33.1 Å². The van der Waals surface area contributed by atoms with Crippen LogP contribution in [0.2, 0.25) is 0 Å². The van der Waals surface area contributed by atoms with Gasteiger partial charge in [0, 0.05) is 11.9 Å². The molecule has 0 aliphatic carbocycles. The van der Waals surface area contributed by atoms with Crippen molar-refractivity contribution in [3.63, 3.8) is 0 Å². The van der Waals surface area contributed by atoms with Crippen molar-refractivity contribution < 1.29 is 18.3 Å². The van der Waals surface area contributed by atoms with Crippen LogP contribution in [-0.2, 0) is 10.0 Å². The van der Waals surface area contributed by atoms with Crippen LogP contribution in [0.15, 0.2) is 27.8 Å². The van der Waals surface area contributed by atoms with E-state index in [-0.39, 0.29) is 15.1 Å². The number of carboxylic acid groups (broad SMARTS) is 1. The van der Waals surface area contributed by atoms with Gasteiger partial charge in [0.25, 0.3) is 10.0 Å². The van der Waals surface area contributed by atoms with E-state index in [1.165, 1.54) is 28.8 Å². The Labute approximate surface area is 131 Å². The van der Waals surface area contributed by atoms with Crippen LogP contribution in [-0.4, -0.2) is 30.8 Å². The fourth-order valence-electron chi connectivity index (χ4n) is 1.85. The molecule has 2 rings (SSSR count). The molecule has 0 spiro atoms. The van der Waals surface area contributed by atoms with Crippen molar-refractivity contribution in [2.45, 2.75) is 24.1 Å². The highest BCUT2D eigenvalue weighted by Crippen LogP contribution is 2.33. The quantitative estimate of drug-likeness (QED) is 0.903. The summed E-state index contributed by atoms with van der Waals surface area (Å²) < 4.78 is 26.5. The van der Waals surface area contributed by atoms with Crippen molar-refractivity contribution in [2.75, 3.05) is 7.05 Å². The van der Waals surface area contributed by atoms with E-state index in [2.05, 4.69) is 0 Å². The maximum atomic E-state index is 12.6. The van der Waals surface area contributed by atoms with Crippen LogP contribution in [0.5, 0.6) is 0 Å². The summed E-state index contributed by atoms with van der Waals surface area (Å²) in [5, 5.41) is 10.9. The highest BCUT2D eigenvalue weighted by atomic mass is 32.2. The molecule has 1 unspecified atom stereocenters. The summed E-state index contributed by atoms with van der Waals surface area (Å²) in [6, 6.07) is 4.87. The molecule has 8 heteroatoms. The molecule has 114 valence electrons. The molecule has 21 heavy (non-hydrogen) atoms. The number of hydrogen-bond donors (Lipinski definition) is 1. The average Bonchev–Trinajstić information content (AvgIpc) is 3.05. The number of carboxylic acids is 1. The molecule has 0 aliphatic heterocycles. The molecule has 0 amide bonds. The van der Waals surface area contributed by atoms with Gasteiger partial charge in [0.2, 0.25) is 0 Å². The first-order valence-corrected chi connectivity index (χ1v) is 9.24. The van der Waals surface area contributed by atoms with Crippen molar-refractivity contribution in [1.29, 1.82) is 0 Å². The van der Waals surface area contributed by atoms with Gasteiger partial charge in [0.05, 0.1) is 6.04 Å². The van der Waals surface area contributed by atoms with Crippen LogP contribution in [0.4, 0.5) is 0 Å². The molecule has 1 N–H and O–H groups in total. The van der Waals surface area contributed by atoms with Gasteiger partial charge in [-0.1, -0.05) is 6.07 Å². The molecule has 0 aromatic carbocycles. The minimum atomic E-state index is -3.70. The number of aryl methyl sites for hydroxylation is 1. The molecule has 2 aromatic heterocycles. The Morgan fingerprint density at radius 2 is 2.10 bits per heavy atom. The van der Waals surface area contributed by atoms with E-state index < -0.39 is 16.0 Å². The molecule has 0 saturated carbocycles. The summed E-state index contributed by atoms with van der Waals surface area (Å²) in [5.74, 6) is -1.10. The minimum absolute atomic E-state index is 0.0586. The minimum Gasteiger partial charge on any atom is -0.477 e. The largest absolute Gasteiger partial charge is 0.477 e. The molecule has 0 saturated heterocycles. The maximum absolute atomic E-state index is 12.6. The van der Waals surface area contributed by atoms with Crippen molar-refractivity contribution in [3.8, 4) is 0 Å². The number of rotatable bonds is 5. The molecular weight excluding hydrogens is 330 g/mol. The summed E-state index contributed by atoms with van der Waals surface area (Å²) in [4.78, 5) is 12.1. The lowest BCUT2D eigenvalue weighted by molar-refractivity contribution is 0.0701. The summed E-state index contributed by atoms with van der Waals surface area (Å²) in [6.07, 6.45) is 0. The van der Waals surface area contributed by atoms with E-state index in [1.54, 1.807) is 6.92 Å². The number of aromatic carboxylic acids is 1. The molecule has 0 bridgehead atoms. The Kier molecular flexibility index (Phi) is 4.52. The summed E-state index contributed by atoms with van der Waals surface area (Å²) in [7, 11) is -2.20. The Morgan fingerprint density at radius 1 is 1.43 bits per heavy atom. The Balaban J connectivity index is 2.37. The molecular formula is C13H15NO4S3. The Hall–Kier alpha value is -1.22. The van der Waals surface area contributed by atoms with E-state index in [0.29, 0.717) is 5.56 Å². The molecule has 1 atom stereocenters. The maximum Gasteiger partial charge on any atom is 0.346 e. The van der Waals surface area contributed by atoms with Gasteiger partial charge in [0.1, 0.15) is 9.09 Å². The van der Waals surface area contributed by atoms with Gasteiger partial charge in [-0.3, -0.25) is 0 Å². The fraction of sp³-hybridized carbons (Fsp3) is 0.308. The van der Waals surface area contributed by atoms with E-state index in [4.69, 9.17) is 5.11 Å². The summed E-state index contributed by atoms with van der Waals surface area (Å²) >= 11 is 2.28. The third kappa shape index (κ3) is 3.03. The second kappa shape index (κ2) is 5.88. The zero-order valence-corrected chi connectivity index (χ0v) is 14.2. The first kappa shape index (κ1) is 16.2. The molecule has 5 nitrogen and oxygen atoms in total. The summed E-state index contributed by atoms with van der Waals surface area (Å²) in [5.41, 5.74) is 0.461. The number of hydrogen-bond acceptors (Lipinski definition) is 5. The van der Waals surface area contributed by atoms with E-state index >= 15 is 0 Å². The zero-order chi connectivity index (χ0) is 15.8. The van der Waals surface area contributed by atoms with Gasteiger partial charge in [-0.25, -0.2) is 13.2 Å². The molecule has 2 aromatic rings. The van der Waals surface area contributed by atoms with Crippen LogP contribution in [0, 0.1) is 6.92 Å². The van der Waals surface area contributed by atoms with Crippen molar-refractivity contribution in [2.24, 2.45) is 0 Å². The van der Waals surface area contributed by atoms with Crippen molar-refractivity contribution >= 4 is 38.7 Å². The second-order valence-electron chi connectivity index (χ2n) is 4.60. The van der Waals surface area contributed by atoms with Gasteiger partial charge in [-0.15, -0.1) is 22.7 Å². The highest BCUT2D eigenvalue weighted by molar-refractivity contribution is 7.91. The first-order chi connectivity index (χ1) is 9.75. The monoisotopic (exact) mass is 345 g/mol. The smallest absolute Gasteiger partial charge is 0.346 e. The first-order valence-electron chi connectivity index (χ1n) is 6.10. The standard InChI is InChI=1S/C13H15NO4S3/c1-8-7-11(20-12(8)13(15)16)21(17,18)14(3)9(2)10-5-4-6-19-10/h4-7,9H,1-3H3,(H,15,16). The fourth-order valence-corrected chi connectivity index (χ4v) is 5.65. The van der Waals surface area contributed by atoms with Crippen LogP contribution in [0.3, 0.4) is 0 Å².